The van der Waals surface area contributed by atoms with Crippen LogP contribution < -0.4 is 4.74 Å². The number of benzene rings is 1. The van der Waals surface area contributed by atoms with Crippen LogP contribution >= 0.6 is 0 Å². The average Bonchev–Trinajstić information content (AvgIpc) is 3.37. The van der Waals surface area contributed by atoms with Crippen LogP contribution in [0.25, 0.3) is 5.76 Å². The van der Waals surface area contributed by atoms with E-state index in [2.05, 4.69) is 6.92 Å². The summed E-state index contributed by atoms with van der Waals surface area (Å²) in [6, 6.07) is 9.62. The molecule has 0 aliphatic carbocycles. The first-order valence-corrected chi connectivity index (χ1v) is 10.6. The van der Waals surface area contributed by atoms with Gasteiger partial charge in [-0.25, -0.2) is 0 Å². The van der Waals surface area contributed by atoms with Gasteiger partial charge in [-0.1, -0.05) is 33.1 Å². The number of rotatable bonds is 10. The lowest BCUT2D eigenvalue weighted by molar-refractivity contribution is -0.140. The second kappa shape index (κ2) is 10.1. The lowest BCUT2D eigenvalue weighted by atomic mass is 9.99. The van der Waals surface area contributed by atoms with E-state index in [0.29, 0.717) is 30.2 Å². The maximum absolute atomic E-state index is 12.8. The second-order valence-corrected chi connectivity index (χ2v) is 7.44. The Morgan fingerprint density at radius 1 is 1.07 bits per heavy atom. The summed E-state index contributed by atoms with van der Waals surface area (Å²) >= 11 is 0. The van der Waals surface area contributed by atoms with Crippen LogP contribution in [0.5, 0.6) is 5.75 Å². The number of unbranched alkanes of at least 4 members (excludes halogenated alkanes) is 3. The van der Waals surface area contributed by atoms with Crippen LogP contribution in [0, 0.1) is 0 Å². The average molecular weight is 411 g/mol. The van der Waals surface area contributed by atoms with Gasteiger partial charge in [0.1, 0.15) is 23.3 Å². The fourth-order valence-electron chi connectivity index (χ4n) is 3.59. The van der Waals surface area contributed by atoms with Crippen LogP contribution in [0.1, 0.15) is 63.3 Å². The summed E-state index contributed by atoms with van der Waals surface area (Å²) in [7, 11) is 0. The van der Waals surface area contributed by atoms with Gasteiger partial charge in [-0.15, -0.1) is 0 Å². The highest BCUT2D eigenvalue weighted by Gasteiger charge is 2.47. The van der Waals surface area contributed by atoms with Crippen molar-refractivity contribution in [2.45, 2.75) is 52.0 Å². The van der Waals surface area contributed by atoms with Crippen LogP contribution in [-0.2, 0) is 9.59 Å². The highest BCUT2D eigenvalue weighted by molar-refractivity contribution is 6.46. The molecular formula is C24H29NO5. The fraction of sp³-hybridized carbons (Fsp3) is 0.417. The molecule has 1 fully saturated rings. The third kappa shape index (κ3) is 4.58. The van der Waals surface area contributed by atoms with Gasteiger partial charge < -0.3 is 19.2 Å². The van der Waals surface area contributed by atoms with Gasteiger partial charge in [0.2, 0.25) is 0 Å². The van der Waals surface area contributed by atoms with Gasteiger partial charge in [0, 0.05) is 12.1 Å². The minimum atomic E-state index is -0.725. The van der Waals surface area contributed by atoms with E-state index in [0.717, 1.165) is 32.1 Å². The number of hydrogen-bond donors (Lipinski definition) is 1. The number of carbonyl (C=O) groups excluding carboxylic acids is 2. The van der Waals surface area contributed by atoms with E-state index >= 15 is 0 Å². The molecule has 1 saturated heterocycles. The number of nitrogens with zero attached hydrogens (tertiary/aromatic N) is 1. The highest BCUT2D eigenvalue weighted by Crippen LogP contribution is 2.39. The number of Topliss-reactive ketones (excluding diaryl/α,β-unsaturated/α-hetero) is 1. The molecule has 2 aromatic rings. The van der Waals surface area contributed by atoms with Crippen molar-refractivity contribution < 1.29 is 23.8 Å². The predicted molar refractivity (Wildman–Crippen MR) is 114 cm³/mol. The predicted octanol–water partition coefficient (Wildman–Crippen LogP) is 5.07. The molecule has 1 atom stereocenters. The summed E-state index contributed by atoms with van der Waals surface area (Å²) in [5, 5.41) is 11.0. The van der Waals surface area contributed by atoms with Crippen LogP contribution in [0.2, 0.25) is 0 Å². The zero-order chi connectivity index (χ0) is 21.5. The minimum absolute atomic E-state index is 0.0580. The zero-order valence-electron chi connectivity index (χ0n) is 17.6. The minimum Gasteiger partial charge on any atom is -0.507 e. The molecule has 0 radical (unpaired) electrons. The van der Waals surface area contributed by atoms with Gasteiger partial charge in [-0.2, -0.15) is 0 Å². The molecule has 6 nitrogen and oxygen atoms in total. The summed E-state index contributed by atoms with van der Waals surface area (Å²) in [6.45, 7) is 5.22. The Morgan fingerprint density at radius 3 is 2.43 bits per heavy atom. The SMILES string of the molecule is CCCCCOc1ccc(/C(O)=C2/C(=O)C(=O)N(CCCC)C2c2ccco2)cc1. The van der Waals surface area contributed by atoms with Crippen molar-refractivity contribution in [3.05, 3.63) is 59.6 Å². The van der Waals surface area contributed by atoms with Gasteiger partial charge in [-0.3, -0.25) is 9.59 Å². The first kappa shape index (κ1) is 21.7. The van der Waals surface area contributed by atoms with Crippen LogP contribution in [0.4, 0.5) is 0 Å². The number of hydrogen-bond acceptors (Lipinski definition) is 5. The molecule has 3 rings (SSSR count). The number of aliphatic hydroxyl groups is 1. The number of amides is 1. The topological polar surface area (TPSA) is 80.0 Å². The van der Waals surface area contributed by atoms with Crippen molar-refractivity contribution in [3.63, 3.8) is 0 Å². The molecule has 2 heterocycles. The molecule has 1 aromatic carbocycles. The molecule has 1 aromatic heterocycles. The summed E-state index contributed by atoms with van der Waals surface area (Å²) < 4.78 is 11.2. The number of aliphatic hydroxyl groups excluding tert-OH is 1. The lowest BCUT2D eigenvalue weighted by Gasteiger charge is -2.23. The van der Waals surface area contributed by atoms with Crippen LogP contribution in [0.3, 0.4) is 0 Å². The van der Waals surface area contributed by atoms with Gasteiger partial charge in [0.25, 0.3) is 11.7 Å². The van der Waals surface area contributed by atoms with Crippen LogP contribution in [-0.4, -0.2) is 34.8 Å². The molecule has 1 amide bonds. The number of likely N-dealkylation sites (tertiary alicyclic amines) is 1. The van der Waals surface area contributed by atoms with E-state index in [1.54, 1.807) is 36.4 Å². The second-order valence-electron chi connectivity index (χ2n) is 7.44. The fourth-order valence-corrected chi connectivity index (χ4v) is 3.59. The Bertz CT molecular complexity index is 883. The normalized spacial score (nSPS) is 18.2. The van der Waals surface area contributed by atoms with Gasteiger partial charge in [-0.05, 0) is 49.2 Å². The van der Waals surface area contributed by atoms with E-state index < -0.39 is 17.7 Å². The standard InChI is InChI=1S/C24H29NO5/c1-3-5-7-15-29-18-12-10-17(11-13-18)22(26)20-21(19-9-8-16-30-19)25(14-6-4-2)24(28)23(20)27/h8-13,16,21,26H,3-7,14-15H2,1-2H3/b22-20-. The van der Waals surface area contributed by atoms with E-state index in [1.807, 2.05) is 6.92 Å². The maximum Gasteiger partial charge on any atom is 0.295 e. The monoisotopic (exact) mass is 411 g/mol. The van der Waals surface area contributed by atoms with Gasteiger partial charge in [0.05, 0.1) is 18.4 Å². The van der Waals surface area contributed by atoms with Crippen molar-refractivity contribution in [2.24, 2.45) is 0 Å². The zero-order valence-corrected chi connectivity index (χ0v) is 17.6. The maximum atomic E-state index is 12.8. The highest BCUT2D eigenvalue weighted by atomic mass is 16.5. The molecule has 1 aliphatic heterocycles. The van der Waals surface area contributed by atoms with E-state index in [4.69, 9.17) is 9.15 Å². The Morgan fingerprint density at radius 2 is 1.80 bits per heavy atom. The Hall–Kier alpha value is -3.02. The third-order valence-corrected chi connectivity index (χ3v) is 5.25. The number of carbonyl (C=O) groups is 2. The molecule has 6 heteroatoms. The van der Waals surface area contributed by atoms with Gasteiger partial charge in [0.15, 0.2) is 0 Å². The largest absolute Gasteiger partial charge is 0.507 e. The molecule has 1 unspecified atom stereocenters. The van der Waals surface area contributed by atoms with Gasteiger partial charge >= 0.3 is 0 Å². The summed E-state index contributed by atoms with van der Waals surface area (Å²) in [5.74, 6) is -0.338. The first-order chi connectivity index (χ1) is 14.6. The first-order valence-electron chi connectivity index (χ1n) is 10.6. The summed E-state index contributed by atoms with van der Waals surface area (Å²) in [6.07, 6.45) is 6.37. The summed E-state index contributed by atoms with van der Waals surface area (Å²) in [4.78, 5) is 26.9. The van der Waals surface area contributed by atoms with Crippen LogP contribution in [0.15, 0.2) is 52.7 Å². The van der Waals surface area contributed by atoms with Crippen molar-refractivity contribution in [2.75, 3.05) is 13.2 Å². The third-order valence-electron chi connectivity index (χ3n) is 5.25. The molecule has 1 N–H and O–H groups in total. The Kier molecular flexibility index (Phi) is 7.33. The van der Waals surface area contributed by atoms with Crippen molar-refractivity contribution in [3.8, 4) is 5.75 Å². The van der Waals surface area contributed by atoms with E-state index in [1.165, 1.54) is 11.2 Å². The van der Waals surface area contributed by atoms with Crippen molar-refractivity contribution in [1.82, 2.24) is 4.90 Å². The molecule has 1 aliphatic rings. The number of furan rings is 1. The van der Waals surface area contributed by atoms with Crippen molar-refractivity contribution >= 4 is 17.4 Å². The van der Waals surface area contributed by atoms with E-state index in [-0.39, 0.29) is 11.3 Å². The van der Waals surface area contributed by atoms with Crippen molar-refractivity contribution in [1.29, 1.82) is 0 Å². The molecule has 0 spiro atoms. The van der Waals surface area contributed by atoms with E-state index in [9.17, 15) is 14.7 Å². The Labute approximate surface area is 177 Å². The summed E-state index contributed by atoms with van der Waals surface area (Å²) in [5.41, 5.74) is 0.517. The smallest absolute Gasteiger partial charge is 0.295 e. The lowest BCUT2D eigenvalue weighted by Crippen LogP contribution is -2.30. The molecule has 160 valence electrons. The molecule has 30 heavy (non-hydrogen) atoms. The number of ether oxygens (including phenoxy) is 1. The quantitative estimate of drug-likeness (QED) is 0.255. The molecule has 0 bridgehead atoms. The molecule has 0 saturated carbocycles. The molecular weight excluding hydrogens is 382 g/mol. The Balaban J connectivity index is 1.89. The number of ketones is 1.